The van der Waals surface area contributed by atoms with Gasteiger partial charge >= 0.3 is 0 Å². The van der Waals surface area contributed by atoms with E-state index in [1.165, 1.54) is 6.07 Å². The topological polar surface area (TPSA) is 41.8 Å². The summed E-state index contributed by atoms with van der Waals surface area (Å²) in [5.74, 6) is 0.997. The molecule has 3 aromatic rings. The van der Waals surface area contributed by atoms with Crippen molar-refractivity contribution in [3.8, 4) is 11.5 Å². The van der Waals surface area contributed by atoms with Crippen LogP contribution in [0.25, 0.3) is 22.4 Å². The van der Waals surface area contributed by atoms with Crippen molar-refractivity contribution in [2.75, 3.05) is 0 Å². The van der Waals surface area contributed by atoms with Crippen LogP contribution in [-0.4, -0.2) is 9.97 Å². The summed E-state index contributed by atoms with van der Waals surface area (Å²) in [5, 5.41) is 0.730. The lowest BCUT2D eigenvalue weighted by Crippen LogP contribution is -1.98. The average molecular weight is 288 g/mol. The molecule has 0 amide bonds. The number of rotatable bonds is 2. The van der Waals surface area contributed by atoms with Gasteiger partial charge in [-0.2, -0.15) is 0 Å². The second kappa shape index (κ2) is 4.83. The van der Waals surface area contributed by atoms with Gasteiger partial charge in [0.15, 0.2) is 17.2 Å². The van der Waals surface area contributed by atoms with Crippen LogP contribution in [0, 0.1) is 17.4 Å². The van der Waals surface area contributed by atoms with Gasteiger partial charge in [-0.05, 0) is 19.1 Å². The Labute approximate surface area is 120 Å². The zero-order valence-corrected chi connectivity index (χ0v) is 12.0. The van der Waals surface area contributed by atoms with Gasteiger partial charge in [0, 0.05) is 17.4 Å². The number of furan rings is 1. The Balaban J connectivity index is 2.28. The van der Waals surface area contributed by atoms with Crippen molar-refractivity contribution >= 4 is 23.2 Å². The van der Waals surface area contributed by atoms with E-state index in [-0.39, 0.29) is 11.4 Å². The van der Waals surface area contributed by atoms with E-state index in [1.54, 1.807) is 6.07 Å². The smallest absolute Gasteiger partial charge is 0.170 e. The van der Waals surface area contributed by atoms with E-state index in [0.717, 1.165) is 28.9 Å². The molecule has 3 rings (SSSR count). The van der Waals surface area contributed by atoms with Crippen molar-refractivity contribution in [2.45, 2.75) is 20.3 Å². The molecule has 3 nitrogen and oxygen atoms in total. The molecule has 5 heteroatoms. The molecule has 0 bridgehead atoms. The van der Waals surface area contributed by atoms with E-state index in [0.29, 0.717) is 10.4 Å². The molecule has 0 saturated carbocycles. The molecule has 0 aliphatic rings. The van der Waals surface area contributed by atoms with Crippen LogP contribution in [0.3, 0.4) is 0 Å². The molecular weight excluding hydrogens is 275 g/mol. The van der Waals surface area contributed by atoms with Crippen LogP contribution < -0.4 is 0 Å². The second-order valence-corrected chi connectivity index (χ2v) is 5.00. The summed E-state index contributed by atoms with van der Waals surface area (Å²) in [6.45, 7) is 3.87. The van der Waals surface area contributed by atoms with Gasteiger partial charge in [0.05, 0.1) is 5.69 Å². The third-order valence-electron chi connectivity index (χ3n) is 3.28. The minimum absolute atomic E-state index is 0.260. The molecule has 0 radical (unpaired) electrons. The van der Waals surface area contributed by atoms with E-state index in [1.807, 2.05) is 26.0 Å². The van der Waals surface area contributed by atoms with Crippen LogP contribution >= 0.6 is 12.2 Å². The van der Waals surface area contributed by atoms with Gasteiger partial charge in [-0.15, -0.1) is 0 Å². The first kappa shape index (κ1) is 13.0. The first-order valence-electron chi connectivity index (χ1n) is 6.38. The lowest BCUT2D eigenvalue weighted by molar-refractivity contribution is 0.567. The van der Waals surface area contributed by atoms with Crippen LogP contribution in [-0.2, 0) is 6.42 Å². The SMILES string of the molecule is CCc1nc(=S)c(C)c(-c2cc3cccc(F)c3o2)[nH]1. The van der Waals surface area contributed by atoms with Crippen molar-refractivity contribution in [1.29, 1.82) is 0 Å². The maximum Gasteiger partial charge on any atom is 0.170 e. The number of halogens is 1. The summed E-state index contributed by atoms with van der Waals surface area (Å²) in [6.07, 6.45) is 0.742. The number of para-hydroxylation sites is 1. The van der Waals surface area contributed by atoms with Crippen LogP contribution in [0.15, 0.2) is 28.7 Å². The normalized spacial score (nSPS) is 11.2. The fourth-order valence-electron chi connectivity index (χ4n) is 2.14. The van der Waals surface area contributed by atoms with E-state index in [9.17, 15) is 4.39 Å². The second-order valence-electron chi connectivity index (χ2n) is 4.61. The van der Waals surface area contributed by atoms with Crippen molar-refractivity contribution in [1.82, 2.24) is 9.97 Å². The largest absolute Gasteiger partial charge is 0.451 e. The van der Waals surface area contributed by atoms with E-state index in [2.05, 4.69) is 9.97 Å². The van der Waals surface area contributed by atoms with Crippen LogP contribution in [0.5, 0.6) is 0 Å². The number of hydrogen-bond acceptors (Lipinski definition) is 3. The third kappa shape index (κ3) is 2.04. The molecule has 0 fully saturated rings. The summed E-state index contributed by atoms with van der Waals surface area (Å²) in [5.41, 5.74) is 1.85. The molecule has 102 valence electrons. The summed E-state index contributed by atoms with van der Waals surface area (Å²) < 4.78 is 19.9. The predicted octanol–water partition coefficient (Wildman–Crippen LogP) is 4.56. The Morgan fingerprint density at radius 2 is 2.20 bits per heavy atom. The minimum atomic E-state index is -0.366. The molecule has 0 aliphatic heterocycles. The Hall–Kier alpha value is -2.01. The standard InChI is InChI=1S/C15H13FN2OS/c1-3-12-17-13(8(2)15(20)18-12)11-7-9-5-4-6-10(16)14(9)19-11/h4-7H,3H2,1-2H3,(H,17,18,20). The molecule has 1 N–H and O–H groups in total. The number of aromatic nitrogens is 2. The van der Waals surface area contributed by atoms with Gasteiger partial charge in [0.1, 0.15) is 10.5 Å². The lowest BCUT2D eigenvalue weighted by atomic mass is 10.2. The van der Waals surface area contributed by atoms with Gasteiger partial charge < -0.3 is 9.40 Å². The summed E-state index contributed by atoms with van der Waals surface area (Å²) in [6, 6.07) is 6.67. The van der Waals surface area contributed by atoms with Gasteiger partial charge in [-0.25, -0.2) is 9.37 Å². The number of aromatic amines is 1. The highest BCUT2D eigenvalue weighted by atomic mass is 32.1. The summed E-state index contributed by atoms with van der Waals surface area (Å²) >= 11 is 5.25. The van der Waals surface area contributed by atoms with Gasteiger partial charge in [0.2, 0.25) is 0 Å². The Morgan fingerprint density at radius 3 is 2.90 bits per heavy atom. The number of fused-ring (bicyclic) bond motifs is 1. The first-order chi connectivity index (χ1) is 9.60. The maximum absolute atomic E-state index is 13.7. The molecule has 0 saturated heterocycles. The molecule has 1 aromatic carbocycles. The third-order valence-corrected chi connectivity index (χ3v) is 3.68. The minimum Gasteiger partial charge on any atom is -0.451 e. The van der Waals surface area contributed by atoms with Crippen LogP contribution in [0.2, 0.25) is 0 Å². The molecule has 2 aromatic heterocycles. The quantitative estimate of drug-likeness (QED) is 0.703. The van der Waals surface area contributed by atoms with E-state index < -0.39 is 0 Å². The Bertz CT molecular complexity index is 851. The molecular formula is C15H13FN2OS. The lowest BCUT2D eigenvalue weighted by Gasteiger charge is -2.05. The van der Waals surface area contributed by atoms with Crippen molar-refractivity contribution in [3.63, 3.8) is 0 Å². The summed E-state index contributed by atoms with van der Waals surface area (Å²) in [7, 11) is 0. The van der Waals surface area contributed by atoms with Crippen molar-refractivity contribution < 1.29 is 8.81 Å². The molecule has 0 spiro atoms. The predicted molar refractivity (Wildman–Crippen MR) is 78.7 cm³/mol. The number of H-pyrrole nitrogens is 1. The van der Waals surface area contributed by atoms with Crippen LogP contribution in [0.4, 0.5) is 4.39 Å². The number of aryl methyl sites for hydroxylation is 1. The maximum atomic E-state index is 13.7. The van der Waals surface area contributed by atoms with E-state index >= 15 is 0 Å². The number of benzene rings is 1. The fourth-order valence-corrected chi connectivity index (χ4v) is 2.36. The number of nitrogens with one attached hydrogen (secondary N) is 1. The van der Waals surface area contributed by atoms with Crippen molar-refractivity contribution in [2.24, 2.45) is 0 Å². The monoisotopic (exact) mass is 288 g/mol. The number of hydrogen-bond donors (Lipinski definition) is 1. The highest BCUT2D eigenvalue weighted by Crippen LogP contribution is 2.30. The zero-order chi connectivity index (χ0) is 14.3. The molecule has 0 aliphatic carbocycles. The molecule has 0 unspecified atom stereocenters. The summed E-state index contributed by atoms with van der Waals surface area (Å²) in [4.78, 5) is 7.50. The van der Waals surface area contributed by atoms with Gasteiger partial charge in [0.25, 0.3) is 0 Å². The molecule has 0 atom stereocenters. The molecule has 20 heavy (non-hydrogen) atoms. The van der Waals surface area contributed by atoms with Gasteiger partial charge in [-0.1, -0.05) is 31.3 Å². The van der Waals surface area contributed by atoms with E-state index in [4.69, 9.17) is 16.6 Å². The number of nitrogens with zero attached hydrogens (tertiary/aromatic N) is 1. The fraction of sp³-hybridized carbons (Fsp3) is 0.200. The Kier molecular flexibility index (Phi) is 3.14. The van der Waals surface area contributed by atoms with Crippen molar-refractivity contribution in [3.05, 3.63) is 46.1 Å². The van der Waals surface area contributed by atoms with Gasteiger partial charge in [-0.3, -0.25) is 0 Å². The average Bonchev–Trinajstić information content (AvgIpc) is 2.87. The zero-order valence-electron chi connectivity index (χ0n) is 11.2. The first-order valence-corrected chi connectivity index (χ1v) is 6.79. The highest BCUT2D eigenvalue weighted by Gasteiger charge is 2.13. The molecule has 2 heterocycles. The highest BCUT2D eigenvalue weighted by molar-refractivity contribution is 7.71. The van der Waals surface area contributed by atoms with Crippen LogP contribution in [0.1, 0.15) is 18.3 Å². The Morgan fingerprint density at radius 1 is 1.40 bits per heavy atom.